The number of sulfonamides is 1. The molecule has 0 saturated carbocycles. The topological polar surface area (TPSA) is 144 Å². The van der Waals surface area contributed by atoms with Crippen molar-refractivity contribution in [1.29, 1.82) is 0 Å². The molecule has 1 heterocycles. The minimum absolute atomic E-state index is 0.350. The molecule has 126 valence electrons. The number of rotatable bonds is 5. The number of ether oxygens (including phenoxy) is 1. The summed E-state index contributed by atoms with van der Waals surface area (Å²) in [6, 6.07) is -1.48. The van der Waals surface area contributed by atoms with Crippen molar-refractivity contribution in [3.05, 3.63) is 0 Å². The lowest BCUT2D eigenvalue weighted by molar-refractivity contribution is -0.161. The van der Waals surface area contributed by atoms with Gasteiger partial charge in [-0.25, -0.2) is 18.4 Å². The largest absolute Gasteiger partial charge is 0.480 e. The number of carbonyl (C=O) groups is 3. The Bertz CT molecular complexity index is 579. The molecule has 1 unspecified atom stereocenters. The van der Waals surface area contributed by atoms with Gasteiger partial charge in [0.25, 0.3) is 0 Å². The molecule has 1 fully saturated rings. The summed E-state index contributed by atoms with van der Waals surface area (Å²) >= 11 is 0. The van der Waals surface area contributed by atoms with Crippen LogP contribution in [0.5, 0.6) is 0 Å². The number of primary sulfonamides is 1. The second kappa shape index (κ2) is 6.21. The molecule has 1 aliphatic rings. The summed E-state index contributed by atoms with van der Waals surface area (Å²) in [5.74, 6) is -2.86. The van der Waals surface area contributed by atoms with Crippen LogP contribution in [0.25, 0.3) is 0 Å². The minimum Gasteiger partial charge on any atom is -0.480 e. The van der Waals surface area contributed by atoms with E-state index in [0.29, 0.717) is 0 Å². The highest BCUT2D eigenvalue weighted by Crippen LogP contribution is 2.21. The number of aliphatic carboxylic acids is 1. The Morgan fingerprint density at radius 2 is 2.00 bits per heavy atom. The Morgan fingerprint density at radius 1 is 1.45 bits per heavy atom. The van der Waals surface area contributed by atoms with Gasteiger partial charge in [-0.1, -0.05) is 0 Å². The van der Waals surface area contributed by atoms with Crippen molar-refractivity contribution < 1.29 is 32.6 Å². The van der Waals surface area contributed by atoms with Crippen LogP contribution in [0.1, 0.15) is 33.6 Å². The van der Waals surface area contributed by atoms with Crippen LogP contribution in [-0.2, 0) is 29.1 Å². The lowest BCUT2D eigenvalue weighted by atomic mass is 10.1. The Balaban J connectivity index is 2.87. The summed E-state index contributed by atoms with van der Waals surface area (Å²) in [6.45, 7) is 4.52. The van der Waals surface area contributed by atoms with Gasteiger partial charge < -0.3 is 14.7 Å². The zero-order valence-electron chi connectivity index (χ0n) is 12.6. The lowest BCUT2D eigenvalue weighted by Gasteiger charge is -2.26. The molecule has 10 heteroatoms. The molecule has 0 aliphatic carbocycles. The average Bonchev–Trinajstić information content (AvgIpc) is 2.65. The van der Waals surface area contributed by atoms with Gasteiger partial charge in [0.05, 0.1) is 6.42 Å². The fourth-order valence-electron chi connectivity index (χ4n) is 2.09. The van der Waals surface area contributed by atoms with Gasteiger partial charge in [0.1, 0.15) is 16.9 Å². The maximum absolute atomic E-state index is 11.8. The Labute approximate surface area is 128 Å². The van der Waals surface area contributed by atoms with Gasteiger partial charge in [0.15, 0.2) is 0 Å². The van der Waals surface area contributed by atoms with Gasteiger partial charge in [0, 0.05) is 13.0 Å². The quantitative estimate of drug-likeness (QED) is 0.616. The third kappa shape index (κ3) is 4.95. The molecule has 2 atom stereocenters. The number of amides is 1. The number of carboxylic acids is 1. The van der Waals surface area contributed by atoms with E-state index in [1.165, 1.54) is 0 Å². The summed E-state index contributed by atoms with van der Waals surface area (Å²) in [7, 11) is -3.96. The second-order valence-corrected chi connectivity index (χ2v) is 7.95. The van der Waals surface area contributed by atoms with Crippen molar-refractivity contribution in [1.82, 2.24) is 4.90 Å². The summed E-state index contributed by atoms with van der Waals surface area (Å²) in [4.78, 5) is 35.7. The van der Waals surface area contributed by atoms with Crippen LogP contribution in [0.2, 0.25) is 0 Å². The molecule has 1 rings (SSSR count). The van der Waals surface area contributed by atoms with E-state index in [0.717, 1.165) is 4.90 Å². The molecule has 0 bridgehead atoms. The molecule has 9 nitrogen and oxygen atoms in total. The SMILES string of the molecule is CC(C)(C)OC(=O)C[C@@H](C(=O)O)N1CC(S(N)(=O)=O)CC1=O. The van der Waals surface area contributed by atoms with Crippen LogP contribution in [0.3, 0.4) is 0 Å². The molecule has 0 radical (unpaired) electrons. The van der Waals surface area contributed by atoms with Gasteiger partial charge in [0.2, 0.25) is 15.9 Å². The van der Waals surface area contributed by atoms with Gasteiger partial charge in [-0.2, -0.15) is 0 Å². The number of hydrogen-bond acceptors (Lipinski definition) is 6. The summed E-state index contributed by atoms with van der Waals surface area (Å²) in [5.41, 5.74) is -0.793. The fourth-order valence-corrected chi connectivity index (χ4v) is 2.83. The molecular formula is C12H20N2O7S. The van der Waals surface area contributed by atoms with Gasteiger partial charge in [-0.15, -0.1) is 0 Å². The molecular weight excluding hydrogens is 316 g/mol. The van der Waals surface area contributed by atoms with Crippen molar-refractivity contribution in [3.63, 3.8) is 0 Å². The van der Waals surface area contributed by atoms with Crippen molar-refractivity contribution in [3.8, 4) is 0 Å². The number of nitrogens with zero attached hydrogens (tertiary/aromatic N) is 1. The van der Waals surface area contributed by atoms with E-state index in [9.17, 15) is 27.9 Å². The van der Waals surface area contributed by atoms with Crippen LogP contribution in [0, 0.1) is 0 Å². The highest BCUT2D eigenvalue weighted by atomic mass is 32.2. The van der Waals surface area contributed by atoms with Gasteiger partial charge in [-0.3, -0.25) is 9.59 Å². The van der Waals surface area contributed by atoms with E-state index in [1.807, 2.05) is 0 Å². The first-order valence-corrected chi connectivity index (χ1v) is 8.18. The number of likely N-dealkylation sites (tertiary alicyclic amines) is 1. The van der Waals surface area contributed by atoms with Crippen LogP contribution in [0.15, 0.2) is 0 Å². The fraction of sp³-hybridized carbons (Fsp3) is 0.750. The standard InChI is InChI=1S/C12H20N2O7S/c1-12(2,3)21-10(16)5-8(11(17)18)14-6-7(4-9(14)15)22(13,19)20/h7-8H,4-6H2,1-3H3,(H,17,18)(H2,13,19,20)/t7?,8-/m0/s1. The molecule has 1 aliphatic heterocycles. The third-order valence-corrected chi connectivity index (χ3v) is 4.27. The molecule has 0 spiro atoms. The maximum Gasteiger partial charge on any atom is 0.327 e. The molecule has 1 saturated heterocycles. The van der Waals surface area contributed by atoms with Crippen molar-refractivity contribution in [2.75, 3.05) is 6.54 Å². The van der Waals surface area contributed by atoms with Crippen molar-refractivity contribution >= 4 is 27.9 Å². The molecule has 0 aromatic carbocycles. The van der Waals surface area contributed by atoms with E-state index >= 15 is 0 Å². The molecule has 0 aromatic heterocycles. The van der Waals surface area contributed by atoms with Crippen molar-refractivity contribution in [2.45, 2.75) is 50.5 Å². The Hall–Kier alpha value is -1.68. The number of hydrogen-bond donors (Lipinski definition) is 2. The van der Waals surface area contributed by atoms with E-state index < -0.39 is 57.6 Å². The van der Waals surface area contributed by atoms with Crippen LogP contribution < -0.4 is 5.14 Å². The predicted octanol–water partition coefficient (Wildman–Crippen LogP) is -0.939. The Morgan fingerprint density at radius 3 is 2.36 bits per heavy atom. The highest BCUT2D eigenvalue weighted by molar-refractivity contribution is 7.89. The smallest absolute Gasteiger partial charge is 0.327 e. The summed E-state index contributed by atoms with van der Waals surface area (Å²) < 4.78 is 27.6. The average molecular weight is 336 g/mol. The number of esters is 1. The van der Waals surface area contributed by atoms with Crippen molar-refractivity contribution in [2.24, 2.45) is 5.14 Å². The van der Waals surface area contributed by atoms with Gasteiger partial charge >= 0.3 is 11.9 Å². The number of carboxylic acid groups (broad SMARTS) is 1. The summed E-state index contributed by atoms with van der Waals surface area (Å²) in [5, 5.41) is 13.0. The van der Waals surface area contributed by atoms with Crippen LogP contribution >= 0.6 is 0 Å². The van der Waals surface area contributed by atoms with E-state index in [2.05, 4.69) is 0 Å². The number of carbonyl (C=O) groups excluding carboxylic acids is 2. The molecule has 22 heavy (non-hydrogen) atoms. The monoisotopic (exact) mass is 336 g/mol. The predicted molar refractivity (Wildman–Crippen MR) is 75.1 cm³/mol. The second-order valence-electron chi connectivity index (χ2n) is 6.11. The highest BCUT2D eigenvalue weighted by Gasteiger charge is 2.43. The first kappa shape index (κ1) is 18.4. The normalized spacial score (nSPS) is 20.8. The van der Waals surface area contributed by atoms with E-state index in [1.54, 1.807) is 20.8 Å². The Kier molecular flexibility index (Phi) is 5.18. The first-order valence-electron chi connectivity index (χ1n) is 6.57. The molecule has 0 aromatic rings. The molecule has 1 amide bonds. The zero-order chi connectivity index (χ0) is 17.3. The third-order valence-electron chi connectivity index (χ3n) is 3.03. The molecule has 3 N–H and O–H groups in total. The van der Waals surface area contributed by atoms with Gasteiger partial charge in [-0.05, 0) is 20.8 Å². The van der Waals surface area contributed by atoms with Crippen LogP contribution in [0.4, 0.5) is 0 Å². The van der Waals surface area contributed by atoms with E-state index in [-0.39, 0.29) is 6.54 Å². The first-order chi connectivity index (χ1) is 9.81. The maximum atomic E-state index is 11.8. The number of nitrogens with two attached hydrogens (primary N) is 1. The zero-order valence-corrected chi connectivity index (χ0v) is 13.4. The minimum atomic E-state index is -3.96. The van der Waals surface area contributed by atoms with E-state index in [4.69, 9.17) is 9.88 Å². The summed E-state index contributed by atoms with van der Waals surface area (Å²) in [6.07, 6.45) is -0.952. The lowest BCUT2D eigenvalue weighted by Crippen LogP contribution is -2.45. The van der Waals surface area contributed by atoms with Crippen LogP contribution in [-0.4, -0.2) is 59.7 Å².